The molecule has 4 atom stereocenters. The van der Waals surface area contributed by atoms with E-state index in [9.17, 15) is 30.3 Å². The number of rotatable bonds is 4. The predicted octanol–water partition coefficient (Wildman–Crippen LogP) is -0.739. The molecule has 104 valence electrons. The predicted molar refractivity (Wildman–Crippen MR) is 62.8 cm³/mol. The van der Waals surface area contributed by atoms with Crippen LogP contribution in [0.3, 0.4) is 0 Å². The van der Waals surface area contributed by atoms with Gasteiger partial charge in [0.2, 0.25) is 0 Å². The Labute approximate surface area is 105 Å². The van der Waals surface area contributed by atoms with Crippen LogP contribution in [0.1, 0.15) is 27.7 Å². The zero-order valence-electron chi connectivity index (χ0n) is 10.9. The Balaban J connectivity index is 2.91. The van der Waals surface area contributed by atoms with Crippen LogP contribution in [0.4, 0.5) is 0 Å². The molecule has 0 saturated heterocycles. The Hall–Kier alpha value is -0.950. The fourth-order valence-corrected chi connectivity index (χ4v) is 2.01. The summed E-state index contributed by atoms with van der Waals surface area (Å²) >= 11 is 0. The number of hydrogen-bond acceptors (Lipinski definition) is 6. The van der Waals surface area contributed by atoms with Gasteiger partial charge in [0.15, 0.2) is 11.4 Å². The Morgan fingerprint density at radius 3 is 1.83 bits per heavy atom. The average molecular weight is 260 g/mol. The maximum Gasteiger partial charge on any atom is 0.177 e. The van der Waals surface area contributed by atoms with Gasteiger partial charge in [-0.1, -0.05) is 0 Å². The normalized spacial score (nSPS) is 30.6. The van der Waals surface area contributed by atoms with Gasteiger partial charge in [-0.3, -0.25) is 4.79 Å². The largest absolute Gasteiger partial charge is 0.510 e. The zero-order valence-corrected chi connectivity index (χ0v) is 10.9. The average Bonchev–Trinajstić information content (AvgIpc) is 2.70. The van der Waals surface area contributed by atoms with Crippen LogP contribution in [0, 0.1) is 5.41 Å². The highest BCUT2D eigenvalue weighted by Gasteiger charge is 2.76. The summed E-state index contributed by atoms with van der Waals surface area (Å²) in [7, 11) is 0. The van der Waals surface area contributed by atoms with Crippen molar-refractivity contribution in [2.24, 2.45) is 5.41 Å². The molecule has 0 aromatic carbocycles. The van der Waals surface area contributed by atoms with Crippen molar-refractivity contribution >= 4 is 5.78 Å². The molecule has 0 heterocycles. The van der Waals surface area contributed by atoms with Gasteiger partial charge in [-0.2, -0.15) is 0 Å². The zero-order chi connectivity index (χ0) is 14.5. The summed E-state index contributed by atoms with van der Waals surface area (Å²) in [6.07, 6.45) is -5.47. The quantitative estimate of drug-likeness (QED) is 0.425. The molecule has 1 fully saturated rings. The Morgan fingerprint density at radius 1 is 1.17 bits per heavy atom. The third-order valence-electron chi connectivity index (χ3n) is 3.67. The second-order valence-electron chi connectivity index (χ2n) is 5.49. The number of hydrogen-bond donors (Lipinski definition) is 5. The molecule has 1 rings (SSSR count). The van der Waals surface area contributed by atoms with Crippen molar-refractivity contribution in [3.8, 4) is 0 Å². The lowest BCUT2D eigenvalue weighted by Gasteiger charge is -2.27. The molecule has 6 heteroatoms. The van der Waals surface area contributed by atoms with Crippen molar-refractivity contribution in [3.05, 3.63) is 11.3 Å². The van der Waals surface area contributed by atoms with E-state index in [1.165, 1.54) is 27.7 Å². The number of carbonyl (C=O) groups excluding carboxylic acids is 1. The van der Waals surface area contributed by atoms with Crippen LogP contribution in [0.5, 0.6) is 0 Å². The standard InChI is InChI=1S/C12H20O6/c1-5(2)6(13)7(14)8(15)9(16)12(18)10(17)11(12,3)4/h7-9,13-16,18H,1-4H3/t7-,8-,9+,12-/m1/s1. The van der Waals surface area contributed by atoms with Gasteiger partial charge in [0.25, 0.3) is 0 Å². The van der Waals surface area contributed by atoms with E-state index in [0.717, 1.165) is 0 Å². The summed E-state index contributed by atoms with van der Waals surface area (Å²) in [5.74, 6) is -1.10. The topological polar surface area (TPSA) is 118 Å². The fourth-order valence-electron chi connectivity index (χ4n) is 2.01. The van der Waals surface area contributed by atoms with E-state index in [2.05, 4.69) is 0 Å². The highest BCUT2D eigenvalue weighted by Crippen LogP contribution is 2.54. The number of ketones is 1. The van der Waals surface area contributed by atoms with Crippen LogP contribution in [0.15, 0.2) is 11.3 Å². The number of carbonyl (C=O) groups is 1. The SMILES string of the molecule is CC(C)=C(O)[C@@H](O)[C@@H](O)[C@H](O)[C@@]1(O)C(=O)C1(C)C. The van der Waals surface area contributed by atoms with Crippen LogP contribution in [-0.2, 0) is 4.79 Å². The van der Waals surface area contributed by atoms with Crippen molar-refractivity contribution in [2.75, 3.05) is 0 Å². The van der Waals surface area contributed by atoms with Crippen LogP contribution in [0.25, 0.3) is 0 Å². The summed E-state index contributed by atoms with van der Waals surface area (Å²) in [4.78, 5) is 11.5. The maximum atomic E-state index is 11.5. The molecular weight excluding hydrogens is 240 g/mol. The highest BCUT2D eigenvalue weighted by molar-refractivity contribution is 6.11. The molecule has 1 aliphatic carbocycles. The molecule has 0 aromatic rings. The van der Waals surface area contributed by atoms with E-state index in [4.69, 9.17) is 0 Å². The van der Waals surface area contributed by atoms with E-state index in [1.54, 1.807) is 0 Å². The monoisotopic (exact) mass is 260 g/mol. The van der Waals surface area contributed by atoms with Crippen molar-refractivity contribution in [1.82, 2.24) is 0 Å². The van der Waals surface area contributed by atoms with E-state index >= 15 is 0 Å². The molecule has 0 unspecified atom stereocenters. The third-order valence-corrected chi connectivity index (χ3v) is 3.67. The molecular formula is C12H20O6. The number of aliphatic hydroxyl groups is 5. The number of aliphatic hydroxyl groups excluding tert-OH is 4. The van der Waals surface area contributed by atoms with Crippen molar-refractivity contribution in [2.45, 2.75) is 51.6 Å². The molecule has 0 bridgehead atoms. The molecule has 1 aliphatic rings. The lowest BCUT2D eigenvalue weighted by Crippen LogP contribution is -2.49. The van der Waals surface area contributed by atoms with Gasteiger partial charge in [-0.05, 0) is 33.3 Å². The van der Waals surface area contributed by atoms with Crippen LogP contribution < -0.4 is 0 Å². The molecule has 0 spiro atoms. The van der Waals surface area contributed by atoms with Gasteiger partial charge in [0.05, 0.1) is 5.41 Å². The third kappa shape index (κ3) is 1.85. The van der Waals surface area contributed by atoms with Crippen molar-refractivity contribution in [1.29, 1.82) is 0 Å². The minimum Gasteiger partial charge on any atom is -0.510 e. The van der Waals surface area contributed by atoms with Crippen molar-refractivity contribution in [3.63, 3.8) is 0 Å². The highest BCUT2D eigenvalue weighted by atomic mass is 16.4. The van der Waals surface area contributed by atoms with Gasteiger partial charge < -0.3 is 25.5 Å². The smallest absolute Gasteiger partial charge is 0.177 e. The Bertz CT molecular complexity index is 395. The first-order valence-corrected chi connectivity index (χ1v) is 5.67. The first-order chi connectivity index (χ1) is 7.99. The fraction of sp³-hybridized carbons (Fsp3) is 0.750. The number of allylic oxidation sites excluding steroid dienone is 1. The van der Waals surface area contributed by atoms with Gasteiger partial charge in [0.1, 0.15) is 24.1 Å². The first-order valence-electron chi connectivity index (χ1n) is 5.67. The molecule has 6 nitrogen and oxygen atoms in total. The molecule has 1 saturated carbocycles. The molecule has 0 aromatic heterocycles. The van der Waals surface area contributed by atoms with Gasteiger partial charge in [0, 0.05) is 0 Å². The van der Waals surface area contributed by atoms with Crippen LogP contribution in [0.2, 0.25) is 0 Å². The molecule has 0 aliphatic heterocycles. The lowest BCUT2D eigenvalue weighted by atomic mass is 9.94. The minimum absolute atomic E-state index is 0.363. The van der Waals surface area contributed by atoms with Crippen molar-refractivity contribution < 1.29 is 30.3 Å². The molecule has 18 heavy (non-hydrogen) atoms. The van der Waals surface area contributed by atoms with E-state index in [-0.39, 0.29) is 0 Å². The minimum atomic E-state index is -2.09. The maximum absolute atomic E-state index is 11.5. The van der Waals surface area contributed by atoms with Crippen LogP contribution in [-0.4, -0.2) is 55.2 Å². The number of Topliss-reactive ketones (excluding diaryl/α,β-unsaturated/α-hetero) is 1. The summed E-state index contributed by atoms with van der Waals surface area (Å²) in [5.41, 5.74) is -2.90. The first kappa shape index (κ1) is 15.1. The van der Waals surface area contributed by atoms with Crippen LogP contribution >= 0.6 is 0 Å². The van der Waals surface area contributed by atoms with E-state index in [1.807, 2.05) is 0 Å². The van der Waals surface area contributed by atoms with Gasteiger partial charge in [-0.25, -0.2) is 0 Å². The Morgan fingerprint density at radius 2 is 1.56 bits per heavy atom. The van der Waals surface area contributed by atoms with E-state index < -0.39 is 40.9 Å². The second-order valence-corrected chi connectivity index (χ2v) is 5.49. The second kappa shape index (κ2) is 4.31. The molecule has 5 N–H and O–H groups in total. The van der Waals surface area contributed by atoms with Gasteiger partial charge in [-0.15, -0.1) is 0 Å². The molecule has 0 radical (unpaired) electrons. The van der Waals surface area contributed by atoms with E-state index in [0.29, 0.717) is 5.57 Å². The summed E-state index contributed by atoms with van der Waals surface area (Å²) in [6, 6.07) is 0. The summed E-state index contributed by atoms with van der Waals surface area (Å²) in [6.45, 7) is 5.88. The Kier molecular flexibility index (Phi) is 3.62. The molecule has 0 amide bonds. The summed E-state index contributed by atoms with van der Waals surface area (Å²) in [5, 5.41) is 48.6. The van der Waals surface area contributed by atoms with Gasteiger partial charge >= 0.3 is 0 Å². The lowest BCUT2D eigenvalue weighted by molar-refractivity contribution is -0.137. The summed E-state index contributed by atoms with van der Waals surface area (Å²) < 4.78 is 0.